The Bertz CT molecular complexity index is 842. The third kappa shape index (κ3) is 6.36. The monoisotopic (exact) mass is 393 g/mol. The van der Waals surface area contributed by atoms with Crippen LogP contribution in [0.25, 0.3) is 0 Å². The van der Waals surface area contributed by atoms with Gasteiger partial charge in [0.2, 0.25) is 0 Å². The van der Waals surface area contributed by atoms with Crippen LogP contribution in [0.5, 0.6) is 0 Å². The second-order valence-corrected chi connectivity index (χ2v) is 6.83. The van der Waals surface area contributed by atoms with Crippen LogP contribution in [0, 0.1) is 18.3 Å². The number of benzene rings is 2. The fraction of sp³-hybridized carbons (Fsp3) is 0.318. The summed E-state index contributed by atoms with van der Waals surface area (Å²) in [6.07, 6.45) is 2.34. The smallest absolute Gasteiger partial charge is 0.189 e. The Hall–Kier alpha value is -2.91. The number of nitrogens with zero attached hydrogens (tertiary/aromatic N) is 4. The van der Waals surface area contributed by atoms with Crippen molar-refractivity contribution >= 4 is 29.2 Å². The van der Waals surface area contributed by atoms with E-state index in [9.17, 15) is 0 Å². The van der Waals surface area contributed by atoms with E-state index in [2.05, 4.69) is 65.6 Å². The largest absolute Gasteiger partial charge is 0.371 e. The molecule has 1 N–H and O–H groups in total. The molecule has 0 saturated carbocycles. The van der Waals surface area contributed by atoms with Crippen molar-refractivity contribution in [3.8, 4) is 6.07 Å². The van der Waals surface area contributed by atoms with Crippen LogP contribution in [0.3, 0.4) is 0 Å². The van der Waals surface area contributed by atoms with Crippen molar-refractivity contribution in [1.82, 2.24) is 10.3 Å². The van der Waals surface area contributed by atoms with Gasteiger partial charge < -0.3 is 10.2 Å². The van der Waals surface area contributed by atoms with Gasteiger partial charge in [-0.05, 0) is 54.9 Å². The highest BCUT2D eigenvalue weighted by Crippen LogP contribution is 2.18. The number of rotatable bonds is 8. The average molecular weight is 394 g/mol. The first-order chi connectivity index (χ1) is 13.5. The summed E-state index contributed by atoms with van der Waals surface area (Å²) in [6.45, 7) is 6.45. The van der Waals surface area contributed by atoms with Crippen LogP contribution in [-0.2, 0) is 6.54 Å². The molecule has 2 rings (SSSR count). The number of hydrazone groups is 1. The second kappa shape index (κ2) is 11.1. The van der Waals surface area contributed by atoms with Crippen LogP contribution in [0.1, 0.15) is 30.0 Å². The lowest BCUT2D eigenvalue weighted by molar-refractivity contribution is 0.532. The summed E-state index contributed by atoms with van der Waals surface area (Å²) in [5, 5.41) is 18.7. The molecule has 5 nitrogen and oxygen atoms in total. The van der Waals surface area contributed by atoms with E-state index in [1.54, 1.807) is 5.01 Å². The lowest BCUT2D eigenvalue weighted by atomic mass is 10.1. The Kier molecular flexibility index (Phi) is 8.44. The van der Waals surface area contributed by atoms with E-state index in [-0.39, 0.29) is 0 Å². The summed E-state index contributed by atoms with van der Waals surface area (Å²) in [5.74, 6) is 0. The van der Waals surface area contributed by atoms with Crippen LogP contribution in [0.15, 0.2) is 53.6 Å². The summed E-state index contributed by atoms with van der Waals surface area (Å²) < 4.78 is 0. The molecule has 0 aromatic heterocycles. The minimum Gasteiger partial charge on any atom is -0.371 e. The minimum absolute atomic E-state index is 0.522. The number of nitrogens with one attached hydrogen (secondary N) is 1. The summed E-state index contributed by atoms with van der Waals surface area (Å²) >= 11 is 5.40. The van der Waals surface area contributed by atoms with Crippen molar-refractivity contribution in [1.29, 1.82) is 5.26 Å². The van der Waals surface area contributed by atoms with Gasteiger partial charge in [-0.2, -0.15) is 10.4 Å². The van der Waals surface area contributed by atoms with E-state index >= 15 is 0 Å². The predicted octanol–water partition coefficient (Wildman–Crippen LogP) is 4.08. The second-order valence-electron chi connectivity index (χ2n) is 6.44. The van der Waals surface area contributed by atoms with Gasteiger partial charge in [0.05, 0.1) is 18.7 Å². The van der Waals surface area contributed by atoms with Crippen molar-refractivity contribution in [3.05, 3.63) is 65.2 Å². The van der Waals surface area contributed by atoms with E-state index < -0.39 is 0 Å². The van der Waals surface area contributed by atoms with E-state index in [1.165, 1.54) is 5.56 Å². The van der Waals surface area contributed by atoms with Crippen LogP contribution < -0.4 is 10.2 Å². The van der Waals surface area contributed by atoms with E-state index in [4.69, 9.17) is 17.5 Å². The van der Waals surface area contributed by atoms with Crippen molar-refractivity contribution < 1.29 is 0 Å². The molecular formula is C22H27N5S. The van der Waals surface area contributed by atoms with Crippen molar-refractivity contribution in [3.63, 3.8) is 0 Å². The molecule has 6 heteroatoms. The fourth-order valence-corrected chi connectivity index (χ4v) is 2.86. The van der Waals surface area contributed by atoms with Gasteiger partial charge in [-0.15, -0.1) is 0 Å². The molecule has 0 saturated heterocycles. The van der Waals surface area contributed by atoms with Crippen LogP contribution in [-0.4, -0.2) is 36.5 Å². The van der Waals surface area contributed by atoms with Gasteiger partial charge in [0.15, 0.2) is 5.11 Å². The first-order valence-electron chi connectivity index (χ1n) is 9.37. The van der Waals surface area contributed by atoms with E-state index in [0.717, 1.165) is 29.9 Å². The van der Waals surface area contributed by atoms with Crippen molar-refractivity contribution in [2.24, 2.45) is 5.10 Å². The van der Waals surface area contributed by atoms with Gasteiger partial charge in [-0.25, -0.2) is 5.01 Å². The normalized spacial score (nSPS) is 10.5. The number of thiocarbonyl (C=S) groups is 1. The molecule has 2 aromatic carbocycles. The highest BCUT2D eigenvalue weighted by molar-refractivity contribution is 7.80. The summed E-state index contributed by atoms with van der Waals surface area (Å²) in [4.78, 5) is 2.20. The Morgan fingerprint density at radius 3 is 2.64 bits per heavy atom. The number of hydrogen-bond acceptors (Lipinski definition) is 4. The molecule has 0 spiro atoms. The fourth-order valence-electron chi connectivity index (χ4n) is 2.75. The molecule has 0 aliphatic heterocycles. The molecule has 0 bridgehead atoms. The van der Waals surface area contributed by atoms with E-state index in [0.29, 0.717) is 18.1 Å². The number of hydrogen-bond donors (Lipinski definition) is 1. The molecular weight excluding hydrogens is 366 g/mol. The maximum Gasteiger partial charge on any atom is 0.189 e. The summed E-state index contributed by atoms with van der Waals surface area (Å²) in [5.41, 5.74) is 4.47. The first kappa shape index (κ1) is 21.4. The van der Waals surface area contributed by atoms with Gasteiger partial charge in [0, 0.05) is 32.4 Å². The molecule has 0 amide bonds. The van der Waals surface area contributed by atoms with Gasteiger partial charge in [-0.1, -0.05) is 36.4 Å². The first-order valence-corrected chi connectivity index (χ1v) is 9.78. The Morgan fingerprint density at radius 1 is 1.25 bits per heavy atom. The van der Waals surface area contributed by atoms with Crippen molar-refractivity contribution in [2.45, 2.75) is 26.8 Å². The summed E-state index contributed by atoms with van der Waals surface area (Å²) in [7, 11) is 1.83. The average Bonchev–Trinajstić information content (AvgIpc) is 2.72. The Labute approximate surface area is 173 Å². The van der Waals surface area contributed by atoms with Crippen molar-refractivity contribution in [2.75, 3.05) is 25.0 Å². The molecule has 0 aliphatic rings. The lowest BCUT2D eigenvalue weighted by Crippen LogP contribution is -2.33. The Morgan fingerprint density at radius 2 is 2.00 bits per heavy atom. The van der Waals surface area contributed by atoms with Gasteiger partial charge in [0.25, 0.3) is 0 Å². The molecule has 0 radical (unpaired) electrons. The number of nitriles is 1. The number of aryl methyl sites for hydroxylation is 1. The molecule has 0 aliphatic carbocycles. The Balaban J connectivity index is 1.96. The van der Waals surface area contributed by atoms with Crippen LogP contribution >= 0.6 is 12.2 Å². The molecule has 28 heavy (non-hydrogen) atoms. The van der Waals surface area contributed by atoms with Gasteiger partial charge >= 0.3 is 0 Å². The van der Waals surface area contributed by atoms with Crippen LogP contribution in [0.2, 0.25) is 0 Å². The maximum atomic E-state index is 8.81. The molecule has 0 unspecified atom stereocenters. The molecule has 146 valence electrons. The third-order valence-electron chi connectivity index (χ3n) is 4.44. The van der Waals surface area contributed by atoms with E-state index in [1.807, 2.05) is 31.5 Å². The maximum absolute atomic E-state index is 8.81. The molecule has 0 atom stereocenters. The highest BCUT2D eigenvalue weighted by atomic mass is 32.1. The molecule has 0 fully saturated rings. The minimum atomic E-state index is 0.522. The van der Waals surface area contributed by atoms with Gasteiger partial charge in [0.1, 0.15) is 0 Å². The topological polar surface area (TPSA) is 54.7 Å². The zero-order chi connectivity index (χ0) is 20.4. The zero-order valence-electron chi connectivity index (χ0n) is 16.7. The zero-order valence-corrected chi connectivity index (χ0v) is 17.5. The highest BCUT2D eigenvalue weighted by Gasteiger charge is 2.06. The van der Waals surface area contributed by atoms with Gasteiger partial charge in [-0.3, -0.25) is 0 Å². The number of anilines is 1. The third-order valence-corrected chi connectivity index (χ3v) is 4.85. The SMILES string of the molecule is CCN(CCC#N)c1ccc(/C=N\N(C)C(=S)NCc2ccccc2)c(C)c1. The lowest BCUT2D eigenvalue weighted by Gasteiger charge is -2.22. The quantitative estimate of drug-likeness (QED) is 0.416. The van der Waals surface area contributed by atoms with Crippen LogP contribution in [0.4, 0.5) is 5.69 Å². The summed E-state index contributed by atoms with van der Waals surface area (Å²) in [6, 6.07) is 18.6. The standard InChI is InChI=1S/C22H27N5S/c1-4-27(14-8-13-23)21-12-11-20(18(2)15-21)17-25-26(3)22(28)24-16-19-9-6-5-7-10-19/h5-7,9-12,15,17H,4,8,14,16H2,1-3H3,(H,24,28)/b25-17-. The molecule has 2 aromatic rings. The predicted molar refractivity (Wildman–Crippen MR) is 121 cm³/mol. The molecule has 0 heterocycles.